The van der Waals surface area contributed by atoms with Crippen molar-refractivity contribution in [3.8, 4) is 0 Å². The number of carbonyl (C=O) groups is 1. The molecular weight excluding hydrogens is 305 g/mol. The normalized spacial score (nSPS) is 12.4. The van der Waals surface area contributed by atoms with E-state index in [0.717, 1.165) is 9.13 Å². The van der Waals surface area contributed by atoms with Gasteiger partial charge in [0.05, 0.1) is 5.92 Å². The second-order valence-corrected chi connectivity index (χ2v) is 4.69. The molecule has 0 bridgehead atoms. The van der Waals surface area contributed by atoms with E-state index in [-0.39, 0.29) is 5.92 Å². The Bertz CT molecular complexity index is 324. The van der Waals surface area contributed by atoms with E-state index in [1.54, 1.807) is 0 Å². The molecule has 0 heterocycles. The van der Waals surface area contributed by atoms with Gasteiger partial charge in [0.25, 0.3) is 0 Å². The summed E-state index contributed by atoms with van der Waals surface area (Å²) in [6.07, 6.45) is 1.09. The molecule has 0 aliphatic carbocycles. The van der Waals surface area contributed by atoms with Crippen LogP contribution >= 0.6 is 22.6 Å². The number of aliphatic carboxylic acids is 1. The van der Waals surface area contributed by atoms with Crippen molar-refractivity contribution in [2.75, 3.05) is 6.54 Å². The third-order valence-electron chi connectivity index (χ3n) is 2.26. The van der Waals surface area contributed by atoms with E-state index in [1.807, 2.05) is 24.3 Å². The molecule has 0 aliphatic rings. The molecule has 15 heavy (non-hydrogen) atoms. The van der Waals surface area contributed by atoms with Gasteiger partial charge in [0.2, 0.25) is 0 Å². The summed E-state index contributed by atoms with van der Waals surface area (Å²) in [6, 6.07) is 7.90. The van der Waals surface area contributed by atoms with E-state index in [0.29, 0.717) is 19.4 Å². The van der Waals surface area contributed by atoms with Crippen molar-refractivity contribution in [3.63, 3.8) is 0 Å². The molecule has 0 radical (unpaired) electrons. The van der Waals surface area contributed by atoms with Crippen LogP contribution in [-0.2, 0) is 11.2 Å². The number of nitrogens with two attached hydrogens (primary N) is 1. The van der Waals surface area contributed by atoms with Gasteiger partial charge in [0.1, 0.15) is 0 Å². The summed E-state index contributed by atoms with van der Waals surface area (Å²) in [5, 5.41) is 8.96. The first-order valence-corrected chi connectivity index (χ1v) is 5.88. The molecule has 0 spiro atoms. The van der Waals surface area contributed by atoms with Crippen molar-refractivity contribution in [1.29, 1.82) is 0 Å². The van der Waals surface area contributed by atoms with E-state index < -0.39 is 5.97 Å². The van der Waals surface area contributed by atoms with E-state index >= 15 is 0 Å². The maximum atomic E-state index is 10.9. The minimum atomic E-state index is -0.765. The highest BCUT2D eigenvalue weighted by Gasteiger charge is 2.16. The van der Waals surface area contributed by atoms with Crippen LogP contribution in [0.4, 0.5) is 0 Å². The van der Waals surface area contributed by atoms with Gasteiger partial charge < -0.3 is 10.8 Å². The van der Waals surface area contributed by atoms with Crippen LogP contribution in [0.25, 0.3) is 0 Å². The molecule has 3 N–H and O–H groups in total. The molecule has 0 saturated carbocycles. The van der Waals surface area contributed by atoms with Crippen LogP contribution in [0.2, 0.25) is 0 Å². The number of carboxylic acids is 1. The summed E-state index contributed by atoms with van der Waals surface area (Å²) < 4.78 is 1.15. The first kappa shape index (κ1) is 12.4. The molecule has 1 atom stereocenters. The second kappa shape index (κ2) is 6.07. The summed E-state index contributed by atoms with van der Waals surface area (Å²) in [5.41, 5.74) is 6.43. The van der Waals surface area contributed by atoms with Gasteiger partial charge in [-0.1, -0.05) is 12.1 Å². The molecule has 3 nitrogen and oxygen atoms in total. The maximum Gasteiger partial charge on any atom is 0.306 e. The van der Waals surface area contributed by atoms with Gasteiger partial charge in [-0.3, -0.25) is 4.79 Å². The highest BCUT2D eigenvalue weighted by atomic mass is 127. The molecule has 0 aliphatic heterocycles. The maximum absolute atomic E-state index is 10.9. The van der Waals surface area contributed by atoms with Crippen LogP contribution in [0.3, 0.4) is 0 Å². The van der Waals surface area contributed by atoms with Crippen LogP contribution in [0.1, 0.15) is 12.0 Å². The molecule has 0 saturated heterocycles. The zero-order valence-electron chi connectivity index (χ0n) is 8.32. The SMILES string of the molecule is NCCC(Cc1ccc(I)cc1)C(=O)O. The Kier molecular flexibility index (Phi) is 5.04. The monoisotopic (exact) mass is 319 g/mol. The average molecular weight is 319 g/mol. The van der Waals surface area contributed by atoms with Gasteiger partial charge in [-0.15, -0.1) is 0 Å². The number of hydrogen-bond acceptors (Lipinski definition) is 2. The fourth-order valence-corrected chi connectivity index (χ4v) is 1.78. The summed E-state index contributed by atoms with van der Waals surface area (Å²) in [7, 11) is 0. The lowest BCUT2D eigenvalue weighted by Crippen LogP contribution is -2.20. The van der Waals surface area contributed by atoms with Gasteiger partial charge in [0, 0.05) is 3.57 Å². The predicted molar refractivity (Wildman–Crippen MR) is 67.7 cm³/mol. The number of halogens is 1. The molecule has 1 unspecified atom stereocenters. The van der Waals surface area contributed by atoms with E-state index in [4.69, 9.17) is 10.8 Å². The van der Waals surface area contributed by atoms with Crippen LogP contribution in [0.15, 0.2) is 24.3 Å². The Morgan fingerprint density at radius 1 is 1.40 bits per heavy atom. The largest absolute Gasteiger partial charge is 0.481 e. The smallest absolute Gasteiger partial charge is 0.306 e. The fourth-order valence-electron chi connectivity index (χ4n) is 1.42. The van der Waals surface area contributed by atoms with E-state index in [9.17, 15) is 4.79 Å². The minimum absolute atomic E-state index is 0.366. The van der Waals surface area contributed by atoms with Gasteiger partial charge in [-0.25, -0.2) is 0 Å². The van der Waals surface area contributed by atoms with Gasteiger partial charge in [-0.05, 0) is 59.7 Å². The summed E-state index contributed by atoms with van der Waals surface area (Å²) in [5.74, 6) is -1.13. The van der Waals surface area contributed by atoms with E-state index in [2.05, 4.69) is 22.6 Å². The Balaban J connectivity index is 2.65. The van der Waals surface area contributed by atoms with Crippen molar-refractivity contribution in [1.82, 2.24) is 0 Å². The molecule has 0 amide bonds. The minimum Gasteiger partial charge on any atom is -0.481 e. The lowest BCUT2D eigenvalue weighted by molar-refractivity contribution is -0.141. The van der Waals surface area contributed by atoms with Crippen molar-refractivity contribution < 1.29 is 9.90 Å². The van der Waals surface area contributed by atoms with Crippen LogP contribution in [0.5, 0.6) is 0 Å². The molecule has 1 aromatic carbocycles. The molecule has 0 aromatic heterocycles. The van der Waals surface area contributed by atoms with Crippen molar-refractivity contribution in [3.05, 3.63) is 33.4 Å². The lowest BCUT2D eigenvalue weighted by Gasteiger charge is -2.10. The Morgan fingerprint density at radius 3 is 2.47 bits per heavy atom. The lowest BCUT2D eigenvalue weighted by atomic mass is 9.96. The first-order valence-electron chi connectivity index (χ1n) is 4.81. The summed E-state index contributed by atoms with van der Waals surface area (Å²) >= 11 is 2.22. The molecule has 82 valence electrons. The molecule has 1 rings (SSSR count). The predicted octanol–water partition coefficient (Wildman–Crippen LogP) is 1.88. The molecule has 4 heteroatoms. The van der Waals surface area contributed by atoms with Crippen molar-refractivity contribution in [2.45, 2.75) is 12.8 Å². The number of carboxylic acid groups (broad SMARTS) is 1. The highest BCUT2D eigenvalue weighted by molar-refractivity contribution is 14.1. The van der Waals surface area contributed by atoms with Gasteiger partial charge >= 0.3 is 5.97 Å². The topological polar surface area (TPSA) is 63.3 Å². The highest BCUT2D eigenvalue weighted by Crippen LogP contribution is 2.14. The molecule has 1 aromatic rings. The van der Waals surface area contributed by atoms with E-state index in [1.165, 1.54) is 0 Å². The summed E-state index contributed by atoms with van der Waals surface area (Å²) in [6.45, 7) is 0.418. The van der Waals surface area contributed by atoms with Crippen molar-refractivity contribution in [2.24, 2.45) is 11.7 Å². The third kappa shape index (κ3) is 4.17. The Labute approximate surface area is 103 Å². The van der Waals surface area contributed by atoms with Gasteiger partial charge in [0.15, 0.2) is 0 Å². The Hall–Kier alpha value is -0.620. The van der Waals surface area contributed by atoms with Crippen molar-refractivity contribution >= 4 is 28.6 Å². The standard InChI is InChI=1S/C11H14INO2/c12-10-3-1-8(2-4-10)7-9(5-6-13)11(14)15/h1-4,9H,5-7,13H2,(H,14,15). The van der Waals surface area contributed by atoms with Gasteiger partial charge in [-0.2, -0.15) is 0 Å². The summed E-state index contributed by atoms with van der Waals surface area (Å²) in [4.78, 5) is 10.9. The molecular formula is C11H14INO2. The van der Waals surface area contributed by atoms with Crippen LogP contribution in [0, 0.1) is 9.49 Å². The molecule has 0 fully saturated rings. The first-order chi connectivity index (χ1) is 7.13. The number of hydrogen-bond donors (Lipinski definition) is 2. The Morgan fingerprint density at radius 2 is 2.00 bits per heavy atom. The average Bonchev–Trinajstić information content (AvgIpc) is 2.20. The zero-order chi connectivity index (χ0) is 11.3. The van der Waals surface area contributed by atoms with Crippen LogP contribution in [-0.4, -0.2) is 17.6 Å². The fraction of sp³-hybridized carbons (Fsp3) is 0.364. The number of rotatable bonds is 5. The number of benzene rings is 1. The third-order valence-corrected chi connectivity index (χ3v) is 2.98. The quantitative estimate of drug-likeness (QED) is 0.815. The van der Waals surface area contributed by atoms with Crippen LogP contribution < -0.4 is 5.73 Å². The zero-order valence-corrected chi connectivity index (χ0v) is 10.5. The second-order valence-electron chi connectivity index (χ2n) is 3.44.